The SMILES string of the molecule is C.O=C(O)c1cc(O)c2cc(-c3ccc(O)c(Cc4ccccc4)c3)cc(O)c2c1.O=C(O)c1cc(O)c2cc(-c3ccc(O)c(Cc4ccccc4)c3)ccc2c1.O=C(O)c1ccc2cc(-c3ccc(O)c(Cc4ccccc4)c3)ccc2c1. The van der Waals surface area contributed by atoms with Crippen molar-refractivity contribution < 1.29 is 60.3 Å². The van der Waals surface area contributed by atoms with Gasteiger partial charge in [-0.25, -0.2) is 14.4 Å². The van der Waals surface area contributed by atoms with Crippen molar-refractivity contribution in [3.63, 3.8) is 0 Å². The Morgan fingerprint density at radius 2 is 0.588 bits per heavy atom. The number of aromatic hydroxyl groups is 6. The molecule has 85 heavy (non-hydrogen) atoms. The zero-order valence-electron chi connectivity index (χ0n) is 44.9. The maximum Gasteiger partial charge on any atom is 0.335 e. The lowest BCUT2D eigenvalue weighted by atomic mass is 9.95. The van der Waals surface area contributed by atoms with Crippen molar-refractivity contribution in [3.05, 3.63) is 287 Å². The van der Waals surface area contributed by atoms with Crippen LogP contribution in [0.1, 0.15) is 71.9 Å². The van der Waals surface area contributed by atoms with Crippen molar-refractivity contribution >= 4 is 50.2 Å². The molecule has 0 aliphatic heterocycles. The van der Waals surface area contributed by atoms with Crippen LogP contribution in [0.15, 0.2) is 237 Å². The van der Waals surface area contributed by atoms with E-state index in [2.05, 4.69) is 0 Å². The molecule has 9 N–H and O–H groups in total. The number of carboxylic acids is 3. The van der Waals surface area contributed by atoms with Crippen molar-refractivity contribution in [1.29, 1.82) is 0 Å². The molecule has 12 aromatic rings. The van der Waals surface area contributed by atoms with E-state index in [4.69, 9.17) is 15.3 Å². The summed E-state index contributed by atoms with van der Waals surface area (Å²) in [5, 5.41) is 92.9. The largest absolute Gasteiger partial charge is 0.508 e. The Balaban J connectivity index is 0.000000152. The summed E-state index contributed by atoms with van der Waals surface area (Å²) in [6.07, 6.45) is 1.82. The molecule has 0 aliphatic carbocycles. The summed E-state index contributed by atoms with van der Waals surface area (Å²) < 4.78 is 0. The average molecular weight is 1130 g/mol. The fraction of sp³-hybridized carbons (Fsp3) is 0.0548. The number of carbonyl (C=O) groups is 3. The van der Waals surface area contributed by atoms with Gasteiger partial charge in [-0.05, 0) is 180 Å². The van der Waals surface area contributed by atoms with E-state index in [1.807, 2.05) is 158 Å². The molecule has 0 aliphatic rings. The van der Waals surface area contributed by atoms with Crippen LogP contribution in [-0.2, 0) is 19.3 Å². The molecule has 0 bridgehead atoms. The minimum Gasteiger partial charge on any atom is -0.508 e. The number of phenolic OH excluding ortho intramolecular Hbond substituents is 6. The van der Waals surface area contributed by atoms with Crippen LogP contribution in [0.25, 0.3) is 65.7 Å². The molecule has 12 nitrogen and oxygen atoms in total. The monoisotopic (exact) mass is 1130 g/mol. The molecule has 0 fully saturated rings. The van der Waals surface area contributed by atoms with Gasteiger partial charge in [0.25, 0.3) is 0 Å². The van der Waals surface area contributed by atoms with Crippen molar-refractivity contribution in [1.82, 2.24) is 0 Å². The van der Waals surface area contributed by atoms with E-state index in [9.17, 15) is 45.0 Å². The third kappa shape index (κ3) is 13.7. The molecule has 0 saturated heterocycles. The Morgan fingerprint density at radius 1 is 0.259 bits per heavy atom. The highest BCUT2D eigenvalue weighted by molar-refractivity contribution is 6.02. The zero-order valence-corrected chi connectivity index (χ0v) is 44.9. The molecular formula is C73H58O12. The summed E-state index contributed by atoms with van der Waals surface area (Å²) in [7, 11) is 0. The highest BCUT2D eigenvalue weighted by atomic mass is 16.4. The van der Waals surface area contributed by atoms with Crippen molar-refractivity contribution in [2.75, 3.05) is 0 Å². The number of fused-ring (bicyclic) bond motifs is 3. The van der Waals surface area contributed by atoms with E-state index in [-0.39, 0.29) is 64.0 Å². The first-order valence-corrected chi connectivity index (χ1v) is 26.6. The maximum absolute atomic E-state index is 11.2. The van der Waals surface area contributed by atoms with Gasteiger partial charge in [-0.15, -0.1) is 0 Å². The molecule has 0 heterocycles. The lowest BCUT2D eigenvalue weighted by molar-refractivity contribution is 0.0686. The Hall–Kier alpha value is -11.4. The Labute approximate surface area is 489 Å². The zero-order chi connectivity index (χ0) is 59.0. The summed E-state index contributed by atoms with van der Waals surface area (Å²) in [6.45, 7) is 0. The Morgan fingerprint density at radius 3 is 1.06 bits per heavy atom. The third-order valence-electron chi connectivity index (χ3n) is 14.5. The molecular weight excluding hydrogens is 1070 g/mol. The van der Waals surface area contributed by atoms with E-state index < -0.39 is 17.9 Å². The molecule has 12 rings (SSSR count). The molecule has 12 aromatic carbocycles. The number of aromatic carboxylic acids is 3. The van der Waals surface area contributed by atoms with E-state index >= 15 is 0 Å². The number of hydrogen-bond acceptors (Lipinski definition) is 9. The van der Waals surface area contributed by atoms with Crippen molar-refractivity contribution in [2.24, 2.45) is 0 Å². The predicted molar refractivity (Wildman–Crippen MR) is 333 cm³/mol. The van der Waals surface area contributed by atoms with Gasteiger partial charge >= 0.3 is 17.9 Å². The summed E-state index contributed by atoms with van der Waals surface area (Å²) in [5.41, 5.74) is 11.2. The van der Waals surface area contributed by atoms with Gasteiger partial charge in [0.15, 0.2) is 0 Å². The summed E-state index contributed by atoms with van der Waals surface area (Å²) in [4.78, 5) is 33.5. The van der Waals surface area contributed by atoms with Gasteiger partial charge in [0.05, 0.1) is 16.7 Å². The third-order valence-corrected chi connectivity index (χ3v) is 14.5. The van der Waals surface area contributed by atoms with E-state index in [0.29, 0.717) is 41.0 Å². The molecule has 0 unspecified atom stereocenters. The van der Waals surface area contributed by atoms with Crippen LogP contribution in [-0.4, -0.2) is 63.9 Å². The van der Waals surface area contributed by atoms with Crippen LogP contribution in [0.4, 0.5) is 0 Å². The fourth-order valence-electron chi connectivity index (χ4n) is 10.1. The van der Waals surface area contributed by atoms with Crippen molar-refractivity contribution in [2.45, 2.75) is 26.7 Å². The number of phenols is 6. The Bertz CT molecular complexity index is 4450. The molecule has 0 spiro atoms. The van der Waals surface area contributed by atoms with Crippen LogP contribution in [0.3, 0.4) is 0 Å². The maximum atomic E-state index is 11.2. The van der Waals surface area contributed by atoms with Gasteiger partial charge in [0.2, 0.25) is 0 Å². The van der Waals surface area contributed by atoms with Crippen LogP contribution in [0.5, 0.6) is 34.5 Å². The van der Waals surface area contributed by atoms with Crippen molar-refractivity contribution in [3.8, 4) is 67.9 Å². The topological polar surface area (TPSA) is 233 Å². The van der Waals surface area contributed by atoms with Crippen LogP contribution < -0.4 is 0 Å². The molecule has 0 atom stereocenters. The van der Waals surface area contributed by atoms with Gasteiger partial charge in [-0.3, -0.25) is 0 Å². The minimum absolute atomic E-state index is 0. The molecule has 0 saturated carbocycles. The van der Waals surface area contributed by atoms with E-state index in [0.717, 1.165) is 78.0 Å². The first-order valence-electron chi connectivity index (χ1n) is 26.6. The summed E-state index contributed by atoms with van der Waals surface area (Å²) in [6, 6.07) is 71.0. The first kappa shape index (κ1) is 58.3. The number of carboxylic acid groups (broad SMARTS) is 3. The van der Waals surface area contributed by atoms with Gasteiger partial charge in [0.1, 0.15) is 34.5 Å². The quantitative estimate of drug-likeness (QED) is 0.0556. The number of benzene rings is 12. The van der Waals surface area contributed by atoms with E-state index in [1.54, 1.807) is 54.6 Å². The molecule has 12 heteroatoms. The summed E-state index contributed by atoms with van der Waals surface area (Å²) >= 11 is 0. The van der Waals surface area contributed by atoms with Gasteiger partial charge in [-0.2, -0.15) is 0 Å². The lowest BCUT2D eigenvalue weighted by Gasteiger charge is -2.12. The highest BCUT2D eigenvalue weighted by Gasteiger charge is 2.16. The second kappa shape index (κ2) is 25.6. The van der Waals surface area contributed by atoms with Crippen LogP contribution >= 0.6 is 0 Å². The van der Waals surface area contributed by atoms with Crippen LogP contribution in [0.2, 0.25) is 0 Å². The summed E-state index contributed by atoms with van der Waals surface area (Å²) in [5.74, 6) is -2.91. The van der Waals surface area contributed by atoms with E-state index in [1.165, 1.54) is 18.2 Å². The smallest absolute Gasteiger partial charge is 0.335 e. The lowest BCUT2D eigenvalue weighted by Crippen LogP contribution is -1.96. The van der Waals surface area contributed by atoms with Crippen LogP contribution in [0, 0.1) is 0 Å². The minimum atomic E-state index is -1.19. The second-order valence-electron chi connectivity index (χ2n) is 20.2. The molecule has 0 aromatic heterocycles. The van der Waals surface area contributed by atoms with Gasteiger partial charge in [0, 0.05) is 35.4 Å². The predicted octanol–water partition coefficient (Wildman–Crippen LogP) is 16.3. The average Bonchev–Trinajstić information content (AvgIpc) is 3.50. The first-order chi connectivity index (χ1) is 40.5. The second-order valence-corrected chi connectivity index (χ2v) is 20.2. The number of hydrogen-bond donors (Lipinski definition) is 9. The highest BCUT2D eigenvalue weighted by Crippen LogP contribution is 2.39. The Kier molecular flexibility index (Phi) is 17.6. The molecule has 422 valence electrons. The molecule has 0 amide bonds. The molecule has 0 radical (unpaired) electrons. The van der Waals surface area contributed by atoms with Gasteiger partial charge < -0.3 is 46.0 Å². The van der Waals surface area contributed by atoms with Gasteiger partial charge in [-0.1, -0.05) is 147 Å². The fourth-order valence-corrected chi connectivity index (χ4v) is 10.1. The number of rotatable bonds is 12. The normalized spacial score (nSPS) is 10.7. The standard InChI is InChI=1S/C24H18O5.C24H18O4.C24H18O3.CH4/c25-21-7-6-15(9-17(21)8-14-4-2-1-3-5-14)16-10-19-20(22(26)12-16)11-18(24(28)29)13-23(19)27;25-22-9-8-16(11-19(22)10-15-4-2-1-3-5-15)17-6-7-18-12-20(24(27)28)14-23(26)21(18)13-17;25-23-11-10-20(15-22(23)12-16-4-2-1-3-5-16)17-6-7-19-14-21(24(26)27)9-8-18(19)13-17;/h1-7,9-13,25-27H,8H2,(H,28,29);1-9,11-14,25-26H,10H2,(H,27,28);1-11,13-15,25H,12H2,(H,26,27);1H4.